The van der Waals surface area contributed by atoms with Crippen LogP contribution in [-0.2, 0) is 10.0 Å². The molecule has 0 unspecified atom stereocenters. The average molecular weight is 433 g/mol. The van der Waals surface area contributed by atoms with Gasteiger partial charge in [0.05, 0.1) is 17.1 Å². The van der Waals surface area contributed by atoms with Crippen LogP contribution in [0.1, 0.15) is 29.4 Å². The number of rotatable bonds is 7. The summed E-state index contributed by atoms with van der Waals surface area (Å²) in [5.41, 5.74) is 2.51. The van der Waals surface area contributed by atoms with Crippen LogP contribution in [0.3, 0.4) is 0 Å². The molecule has 152 valence electrons. The van der Waals surface area contributed by atoms with Crippen LogP contribution in [0.15, 0.2) is 54.7 Å². The fourth-order valence-corrected chi connectivity index (χ4v) is 4.14. The summed E-state index contributed by atoms with van der Waals surface area (Å²) in [5.74, 6) is -0.369. The van der Waals surface area contributed by atoms with E-state index < -0.39 is 15.9 Å². The molecule has 0 saturated heterocycles. The second kappa shape index (κ2) is 8.67. The highest BCUT2D eigenvalue weighted by molar-refractivity contribution is 7.92. The third-order valence-electron chi connectivity index (χ3n) is 4.21. The van der Waals surface area contributed by atoms with Crippen LogP contribution in [0.5, 0.6) is 0 Å². The minimum Gasteiger partial charge on any atom is -0.320 e. The first-order valence-corrected chi connectivity index (χ1v) is 11.0. The Labute approximate surface area is 174 Å². The summed E-state index contributed by atoms with van der Waals surface area (Å²) in [6.07, 6.45) is 2.18. The zero-order valence-corrected chi connectivity index (χ0v) is 17.6. The van der Waals surface area contributed by atoms with Crippen molar-refractivity contribution in [2.75, 3.05) is 15.8 Å². The van der Waals surface area contributed by atoms with Crippen molar-refractivity contribution >= 4 is 38.9 Å². The van der Waals surface area contributed by atoms with E-state index in [0.29, 0.717) is 28.4 Å². The van der Waals surface area contributed by atoms with Crippen molar-refractivity contribution in [1.82, 2.24) is 9.78 Å². The van der Waals surface area contributed by atoms with E-state index in [4.69, 9.17) is 11.6 Å². The third kappa shape index (κ3) is 5.16. The average Bonchev–Trinajstić information content (AvgIpc) is 3.15. The molecule has 7 nitrogen and oxygen atoms in total. The number of nitrogens with zero attached hydrogens (tertiary/aromatic N) is 2. The van der Waals surface area contributed by atoms with Gasteiger partial charge in [0, 0.05) is 16.9 Å². The van der Waals surface area contributed by atoms with Gasteiger partial charge in [0.25, 0.3) is 5.91 Å². The summed E-state index contributed by atoms with van der Waals surface area (Å²) in [4.78, 5) is 12.6. The molecule has 0 aliphatic carbocycles. The molecule has 0 aliphatic heterocycles. The second-order valence-corrected chi connectivity index (χ2v) is 8.76. The molecule has 0 aliphatic rings. The van der Waals surface area contributed by atoms with Gasteiger partial charge in [0.2, 0.25) is 10.0 Å². The number of benzene rings is 2. The molecule has 2 aromatic carbocycles. The molecule has 1 amide bonds. The molecular weight excluding hydrogens is 412 g/mol. The highest BCUT2D eigenvalue weighted by Gasteiger charge is 2.15. The number of carbonyl (C=O) groups is 1. The summed E-state index contributed by atoms with van der Waals surface area (Å²) < 4.78 is 28.2. The molecule has 9 heteroatoms. The number of carbonyl (C=O) groups excluding carboxylic acids is 1. The molecule has 0 spiro atoms. The van der Waals surface area contributed by atoms with Gasteiger partial charge in [-0.25, -0.2) is 13.1 Å². The van der Waals surface area contributed by atoms with E-state index in [1.54, 1.807) is 67.2 Å². The van der Waals surface area contributed by atoms with Crippen LogP contribution in [0.2, 0.25) is 5.02 Å². The normalized spacial score (nSPS) is 11.3. The maximum atomic E-state index is 12.6. The predicted octanol–water partition coefficient (Wildman–Crippen LogP) is 4.24. The molecule has 0 radical (unpaired) electrons. The number of anilines is 2. The van der Waals surface area contributed by atoms with Gasteiger partial charge in [-0.1, -0.05) is 30.7 Å². The van der Waals surface area contributed by atoms with Crippen LogP contribution in [0, 0.1) is 6.92 Å². The van der Waals surface area contributed by atoms with Crippen LogP contribution < -0.4 is 10.0 Å². The first-order chi connectivity index (χ1) is 13.8. The minimum absolute atomic E-state index is 0.0317. The van der Waals surface area contributed by atoms with E-state index in [0.717, 1.165) is 5.69 Å². The molecule has 1 heterocycles. The zero-order valence-electron chi connectivity index (χ0n) is 16.0. The SMILES string of the molecule is CCCS(=O)(=O)Nc1cccc(NC(=O)c2ccn(-c3cccc(Cl)c3)n2)c1C. The summed E-state index contributed by atoms with van der Waals surface area (Å²) in [6, 6.07) is 13.8. The standard InChI is InChI=1S/C20H21ClN4O3S/c1-3-12-29(27,28)24-18-9-5-8-17(14(18)2)22-20(26)19-10-11-25(23-19)16-7-4-6-15(21)13-16/h4-11,13,24H,3,12H2,1-2H3,(H,22,26). The van der Waals surface area contributed by atoms with Crippen LogP contribution in [0.25, 0.3) is 5.69 Å². The van der Waals surface area contributed by atoms with E-state index in [9.17, 15) is 13.2 Å². The summed E-state index contributed by atoms with van der Waals surface area (Å²) in [5, 5.41) is 7.64. The number of halogens is 1. The Morgan fingerprint density at radius 1 is 1.14 bits per heavy atom. The van der Waals surface area contributed by atoms with Gasteiger partial charge in [0.1, 0.15) is 0 Å². The van der Waals surface area contributed by atoms with Crippen molar-refractivity contribution in [3.63, 3.8) is 0 Å². The van der Waals surface area contributed by atoms with Crippen LogP contribution in [0.4, 0.5) is 11.4 Å². The monoisotopic (exact) mass is 432 g/mol. The number of hydrogen-bond acceptors (Lipinski definition) is 4. The molecule has 0 bridgehead atoms. The fourth-order valence-electron chi connectivity index (χ4n) is 2.76. The molecule has 0 atom stereocenters. The van der Waals surface area contributed by atoms with Gasteiger partial charge < -0.3 is 5.32 Å². The lowest BCUT2D eigenvalue weighted by molar-refractivity contribution is 0.102. The predicted molar refractivity (Wildman–Crippen MR) is 115 cm³/mol. The number of aromatic nitrogens is 2. The topological polar surface area (TPSA) is 93.1 Å². The number of sulfonamides is 1. The van der Waals surface area contributed by atoms with Crippen molar-refractivity contribution in [3.8, 4) is 5.69 Å². The Morgan fingerprint density at radius 3 is 2.59 bits per heavy atom. The molecule has 0 fully saturated rings. The molecule has 1 aromatic heterocycles. The maximum Gasteiger partial charge on any atom is 0.276 e. The van der Waals surface area contributed by atoms with Gasteiger partial charge in [-0.05, 0) is 55.3 Å². The van der Waals surface area contributed by atoms with E-state index in [2.05, 4.69) is 15.1 Å². The van der Waals surface area contributed by atoms with Crippen molar-refractivity contribution < 1.29 is 13.2 Å². The number of nitrogens with one attached hydrogen (secondary N) is 2. The first kappa shape index (κ1) is 20.9. The van der Waals surface area contributed by atoms with Crippen molar-refractivity contribution in [2.24, 2.45) is 0 Å². The fraction of sp³-hybridized carbons (Fsp3) is 0.200. The van der Waals surface area contributed by atoms with Gasteiger partial charge in [-0.15, -0.1) is 0 Å². The smallest absolute Gasteiger partial charge is 0.276 e. The van der Waals surface area contributed by atoms with Crippen molar-refractivity contribution in [2.45, 2.75) is 20.3 Å². The van der Waals surface area contributed by atoms with Crippen LogP contribution >= 0.6 is 11.6 Å². The zero-order chi connectivity index (χ0) is 21.0. The first-order valence-electron chi connectivity index (χ1n) is 9.02. The Hall–Kier alpha value is -2.84. The Morgan fingerprint density at radius 2 is 1.86 bits per heavy atom. The van der Waals surface area contributed by atoms with Gasteiger partial charge in [-0.3, -0.25) is 9.52 Å². The van der Waals surface area contributed by atoms with E-state index in [1.165, 1.54) is 0 Å². The van der Waals surface area contributed by atoms with Crippen molar-refractivity contribution in [3.05, 3.63) is 71.0 Å². The Kier molecular flexibility index (Phi) is 6.24. The third-order valence-corrected chi connectivity index (χ3v) is 5.93. The van der Waals surface area contributed by atoms with E-state index >= 15 is 0 Å². The lowest BCUT2D eigenvalue weighted by Crippen LogP contribution is -2.18. The number of hydrogen-bond donors (Lipinski definition) is 2. The minimum atomic E-state index is -3.42. The molecule has 29 heavy (non-hydrogen) atoms. The highest BCUT2D eigenvalue weighted by Crippen LogP contribution is 2.25. The molecule has 3 aromatic rings. The quantitative estimate of drug-likeness (QED) is 0.584. The lowest BCUT2D eigenvalue weighted by Gasteiger charge is -2.14. The summed E-state index contributed by atoms with van der Waals surface area (Å²) in [7, 11) is -3.42. The highest BCUT2D eigenvalue weighted by atomic mass is 35.5. The van der Waals surface area contributed by atoms with Crippen molar-refractivity contribution in [1.29, 1.82) is 0 Å². The molecule has 0 saturated carbocycles. The Bertz CT molecular complexity index is 1140. The summed E-state index contributed by atoms with van der Waals surface area (Å²) in [6.45, 7) is 3.54. The lowest BCUT2D eigenvalue weighted by atomic mass is 10.1. The maximum absolute atomic E-state index is 12.6. The molecular formula is C20H21ClN4O3S. The van der Waals surface area contributed by atoms with Gasteiger partial charge in [0.15, 0.2) is 5.69 Å². The van der Waals surface area contributed by atoms with Gasteiger partial charge in [-0.2, -0.15) is 5.10 Å². The summed E-state index contributed by atoms with van der Waals surface area (Å²) >= 11 is 6.00. The van der Waals surface area contributed by atoms with Gasteiger partial charge >= 0.3 is 0 Å². The Balaban J connectivity index is 1.79. The largest absolute Gasteiger partial charge is 0.320 e. The second-order valence-electron chi connectivity index (χ2n) is 6.48. The van der Waals surface area contributed by atoms with Crippen LogP contribution in [-0.4, -0.2) is 29.9 Å². The van der Waals surface area contributed by atoms with E-state index in [1.807, 2.05) is 6.07 Å². The number of amides is 1. The molecule has 2 N–H and O–H groups in total. The molecule has 3 rings (SSSR count). The van der Waals surface area contributed by atoms with E-state index in [-0.39, 0.29) is 11.4 Å².